The number of hydrogen-bond donors (Lipinski definition) is 2. The molecule has 0 aliphatic heterocycles. The van der Waals surface area contributed by atoms with Crippen LogP contribution in [-0.4, -0.2) is 12.6 Å². The van der Waals surface area contributed by atoms with E-state index in [1.165, 1.54) is 6.92 Å². The van der Waals surface area contributed by atoms with Crippen molar-refractivity contribution >= 4 is 17.3 Å². The molecule has 2 aromatic carbocycles. The molecular formula is C18H19N3O3. The summed E-state index contributed by atoms with van der Waals surface area (Å²) in [6, 6.07) is 14.1. The van der Waals surface area contributed by atoms with E-state index in [-0.39, 0.29) is 0 Å². The zero-order chi connectivity index (χ0) is 17.5. The zero-order valence-electron chi connectivity index (χ0n) is 13.6. The summed E-state index contributed by atoms with van der Waals surface area (Å²) in [5.74, 6) is 0.115. The van der Waals surface area contributed by atoms with Crippen molar-refractivity contribution in [3.63, 3.8) is 0 Å². The average Bonchev–Trinajstić information content (AvgIpc) is 2.57. The number of hydrogen-bond acceptors (Lipinski definition) is 6. The minimum absolute atomic E-state index is 0.420. The first-order valence-corrected chi connectivity index (χ1v) is 7.49. The number of nitrogens with one attached hydrogen (secondary N) is 1. The van der Waals surface area contributed by atoms with Gasteiger partial charge in [-0.3, -0.25) is 4.79 Å². The van der Waals surface area contributed by atoms with Gasteiger partial charge in [0.05, 0.1) is 23.9 Å². The van der Waals surface area contributed by atoms with Crippen LogP contribution in [0.2, 0.25) is 0 Å². The molecule has 3 N–H and O–H groups in total. The number of nitriles is 1. The SMILES string of the molecule is CCOc1cc(C(Nc2ccc(C#N)cc2)OC(C)=O)ccc1N. The zero-order valence-corrected chi connectivity index (χ0v) is 13.6. The summed E-state index contributed by atoms with van der Waals surface area (Å²) in [5, 5.41) is 12.0. The fraction of sp³-hybridized carbons (Fsp3) is 0.222. The Morgan fingerprint density at radius 2 is 2.00 bits per heavy atom. The Labute approximate surface area is 140 Å². The molecule has 0 aromatic heterocycles. The number of anilines is 2. The van der Waals surface area contributed by atoms with Crippen molar-refractivity contribution in [1.82, 2.24) is 0 Å². The third-order valence-electron chi connectivity index (χ3n) is 3.24. The van der Waals surface area contributed by atoms with E-state index in [0.717, 1.165) is 5.69 Å². The summed E-state index contributed by atoms with van der Waals surface area (Å²) in [6.07, 6.45) is -0.699. The van der Waals surface area contributed by atoms with Crippen LogP contribution < -0.4 is 15.8 Å². The Hall–Kier alpha value is -3.20. The number of carbonyl (C=O) groups is 1. The van der Waals surface area contributed by atoms with Gasteiger partial charge >= 0.3 is 5.97 Å². The fourth-order valence-corrected chi connectivity index (χ4v) is 2.13. The summed E-state index contributed by atoms with van der Waals surface area (Å²) in [5.41, 5.74) is 8.36. The van der Waals surface area contributed by atoms with Gasteiger partial charge in [0.2, 0.25) is 0 Å². The molecule has 2 rings (SSSR count). The summed E-state index contributed by atoms with van der Waals surface area (Å²) in [4.78, 5) is 11.4. The molecule has 6 nitrogen and oxygen atoms in total. The normalized spacial score (nSPS) is 11.2. The molecule has 1 unspecified atom stereocenters. The maximum Gasteiger partial charge on any atom is 0.304 e. The van der Waals surface area contributed by atoms with E-state index in [1.54, 1.807) is 42.5 Å². The fourth-order valence-electron chi connectivity index (χ4n) is 2.13. The molecule has 0 aliphatic rings. The Morgan fingerprint density at radius 1 is 1.29 bits per heavy atom. The van der Waals surface area contributed by atoms with Crippen molar-refractivity contribution in [3.05, 3.63) is 53.6 Å². The minimum atomic E-state index is -0.699. The Kier molecular flexibility index (Phi) is 5.63. The molecule has 1 atom stereocenters. The van der Waals surface area contributed by atoms with E-state index in [9.17, 15) is 4.79 Å². The lowest BCUT2D eigenvalue weighted by atomic mass is 10.1. The highest BCUT2D eigenvalue weighted by molar-refractivity contribution is 5.67. The number of nitrogens with zero attached hydrogens (tertiary/aromatic N) is 1. The van der Waals surface area contributed by atoms with Crippen LogP contribution in [0.4, 0.5) is 11.4 Å². The van der Waals surface area contributed by atoms with Crippen molar-refractivity contribution in [3.8, 4) is 11.8 Å². The molecular weight excluding hydrogens is 306 g/mol. The molecule has 24 heavy (non-hydrogen) atoms. The van der Waals surface area contributed by atoms with E-state index in [1.807, 2.05) is 6.92 Å². The molecule has 0 saturated carbocycles. The first kappa shape index (κ1) is 17.2. The molecule has 6 heteroatoms. The third kappa shape index (κ3) is 4.40. The second kappa shape index (κ2) is 7.88. The summed E-state index contributed by atoms with van der Waals surface area (Å²) in [7, 11) is 0. The number of carbonyl (C=O) groups excluding carboxylic acids is 1. The number of nitrogens with two attached hydrogens (primary N) is 1. The van der Waals surface area contributed by atoms with Gasteiger partial charge < -0.3 is 20.5 Å². The van der Waals surface area contributed by atoms with Gasteiger partial charge in [-0.2, -0.15) is 5.26 Å². The summed E-state index contributed by atoms with van der Waals surface area (Å²) in [6.45, 7) is 3.69. The Bertz CT molecular complexity index is 751. The highest BCUT2D eigenvalue weighted by Gasteiger charge is 2.16. The van der Waals surface area contributed by atoms with E-state index in [4.69, 9.17) is 20.5 Å². The monoisotopic (exact) mass is 325 g/mol. The predicted octanol–water partition coefficient (Wildman–Crippen LogP) is 3.21. The van der Waals surface area contributed by atoms with E-state index in [2.05, 4.69) is 11.4 Å². The van der Waals surface area contributed by atoms with Gasteiger partial charge in [-0.05, 0) is 43.3 Å². The number of rotatable bonds is 6. The summed E-state index contributed by atoms with van der Waals surface area (Å²) < 4.78 is 10.8. The lowest BCUT2D eigenvalue weighted by Crippen LogP contribution is -2.17. The van der Waals surface area contributed by atoms with Crippen molar-refractivity contribution in [2.75, 3.05) is 17.7 Å². The number of benzene rings is 2. The van der Waals surface area contributed by atoms with Gasteiger partial charge in [-0.1, -0.05) is 6.07 Å². The quantitative estimate of drug-likeness (QED) is 0.481. The van der Waals surface area contributed by atoms with Gasteiger partial charge in [-0.25, -0.2) is 0 Å². The van der Waals surface area contributed by atoms with Crippen LogP contribution >= 0.6 is 0 Å². The Morgan fingerprint density at radius 3 is 2.58 bits per heavy atom. The highest BCUT2D eigenvalue weighted by Crippen LogP contribution is 2.29. The Balaban J connectivity index is 2.28. The van der Waals surface area contributed by atoms with Gasteiger partial charge in [0.15, 0.2) is 6.23 Å². The van der Waals surface area contributed by atoms with Crippen molar-refractivity contribution in [2.45, 2.75) is 20.1 Å². The molecule has 0 aliphatic carbocycles. The maximum absolute atomic E-state index is 11.4. The van der Waals surface area contributed by atoms with Gasteiger partial charge in [-0.15, -0.1) is 0 Å². The predicted molar refractivity (Wildman–Crippen MR) is 91.3 cm³/mol. The van der Waals surface area contributed by atoms with Crippen molar-refractivity contribution < 1.29 is 14.3 Å². The van der Waals surface area contributed by atoms with Crippen LogP contribution in [0, 0.1) is 11.3 Å². The molecule has 0 radical (unpaired) electrons. The maximum atomic E-state index is 11.4. The molecule has 0 bridgehead atoms. The van der Waals surface area contributed by atoms with Crippen LogP contribution in [0.15, 0.2) is 42.5 Å². The largest absolute Gasteiger partial charge is 0.492 e. The molecule has 0 fully saturated rings. The van der Waals surface area contributed by atoms with E-state index in [0.29, 0.717) is 29.2 Å². The molecule has 0 heterocycles. The third-order valence-corrected chi connectivity index (χ3v) is 3.24. The molecule has 0 saturated heterocycles. The highest BCUT2D eigenvalue weighted by atomic mass is 16.6. The smallest absolute Gasteiger partial charge is 0.304 e. The second-order valence-corrected chi connectivity index (χ2v) is 5.05. The minimum Gasteiger partial charge on any atom is -0.492 e. The molecule has 0 spiro atoms. The van der Waals surface area contributed by atoms with E-state index < -0.39 is 12.2 Å². The van der Waals surface area contributed by atoms with Gasteiger partial charge in [0.25, 0.3) is 0 Å². The van der Waals surface area contributed by atoms with Crippen LogP contribution in [0.5, 0.6) is 5.75 Å². The molecule has 2 aromatic rings. The van der Waals surface area contributed by atoms with Gasteiger partial charge in [0, 0.05) is 18.2 Å². The number of ether oxygens (including phenoxy) is 2. The topological polar surface area (TPSA) is 97.4 Å². The lowest BCUT2D eigenvalue weighted by molar-refractivity contribution is -0.145. The first-order valence-electron chi connectivity index (χ1n) is 7.49. The van der Waals surface area contributed by atoms with Crippen LogP contribution in [0.3, 0.4) is 0 Å². The standard InChI is InChI=1S/C18H19N3O3/c1-3-23-17-10-14(6-9-16(17)20)18(24-12(2)22)21-15-7-4-13(11-19)5-8-15/h4-10,18,21H,3,20H2,1-2H3. The number of nitrogen functional groups attached to an aromatic ring is 1. The molecule has 0 amide bonds. The van der Waals surface area contributed by atoms with Gasteiger partial charge in [0.1, 0.15) is 5.75 Å². The van der Waals surface area contributed by atoms with Crippen LogP contribution in [-0.2, 0) is 9.53 Å². The van der Waals surface area contributed by atoms with Crippen LogP contribution in [0.1, 0.15) is 31.2 Å². The number of esters is 1. The van der Waals surface area contributed by atoms with Crippen LogP contribution in [0.25, 0.3) is 0 Å². The lowest BCUT2D eigenvalue weighted by Gasteiger charge is -2.21. The average molecular weight is 325 g/mol. The first-order chi connectivity index (χ1) is 11.5. The van der Waals surface area contributed by atoms with Crippen molar-refractivity contribution in [1.29, 1.82) is 5.26 Å². The second-order valence-electron chi connectivity index (χ2n) is 5.05. The van der Waals surface area contributed by atoms with Crippen molar-refractivity contribution in [2.24, 2.45) is 0 Å². The molecule has 124 valence electrons. The summed E-state index contributed by atoms with van der Waals surface area (Å²) >= 11 is 0. The van der Waals surface area contributed by atoms with E-state index >= 15 is 0 Å².